The van der Waals surface area contributed by atoms with Crippen molar-refractivity contribution in [2.24, 2.45) is 11.8 Å². The minimum absolute atomic E-state index is 0.0639. The van der Waals surface area contributed by atoms with Crippen molar-refractivity contribution >= 4 is 17.6 Å². The number of carboxylic acid groups (broad SMARTS) is 1. The number of carboxylic acids is 1. The molecule has 1 fully saturated rings. The monoisotopic (exact) mass is 304 g/mol. The number of benzene rings is 1. The molecule has 1 unspecified atom stereocenters. The Morgan fingerprint density at radius 3 is 2.32 bits per heavy atom. The van der Waals surface area contributed by atoms with Gasteiger partial charge in [0.25, 0.3) is 0 Å². The number of likely N-dealkylation sites (tertiary alicyclic amines) is 1. The van der Waals surface area contributed by atoms with E-state index in [1.165, 1.54) is 0 Å². The SMILES string of the molecule is Cc1cc(C)cc(NC(=O)C(C)N2C[C@@H](C)[C@H](C(=O)O)C2)c1. The number of rotatable bonds is 4. The van der Waals surface area contributed by atoms with Gasteiger partial charge in [-0.15, -0.1) is 0 Å². The van der Waals surface area contributed by atoms with Crippen LogP contribution in [0.4, 0.5) is 5.69 Å². The van der Waals surface area contributed by atoms with Crippen molar-refractivity contribution in [3.05, 3.63) is 29.3 Å². The first-order valence-corrected chi connectivity index (χ1v) is 7.64. The topological polar surface area (TPSA) is 69.6 Å². The van der Waals surface area contributed by atoms with Crippen LogP contribution in [-0.2, 0) is 9.59 Å². The van der Waals surface area contributed by atoms with E-state index in [9.17, 15) is 14.7 Å². The normalized spacial score (nSPS) is 23.3. The first-order chi connectivity index (χ1) is 10.3. The molecule has 1 saturated heterocycles. The van der Waals surface area contributed by atoms with Crippen LogP contribution in [0.15, 0.2) is 18.2 Å². The van der Waals surface area contributed by atoms with Crippen LogP contribution in [0.5, 0.6) is 0 Å². The first kappa shape index (κ1) is 16.5. The summed E-state index contributed by atoms with van der Waals surface area (Å²) in [6.45, 7) is 8.80. The Labute approximate surface area is 131 Å². The maximum atomic E-state index is 12.4. The van der Waals surface area contributed by atoms with Crippen LogP contribution in [0, 0.1) is 25.7 Å². The molecule has 0 aliphatic carbocycles. The highest BCUT2D eigenvalue weighted by molar-refractivity contribution is 5.94. The molecule has 5 heteroatoms. The number of carbonyl (C=O) groups is 2. The molecule has 0 aromatic heterocycles. The van der Waals surface area contributed by atoms with Gasteiger partial charge in [0.1, 0.15) is 0 Å². The van der Waals surface area contributed by atoms with Crippen molar-refractivity contribution in [2.45, 2.75) is 33.7 Å². The van der Waals surface area contributed by atoms with Crippen molar-refractivity contribution in [1.29, 1.82) is 0 Å². The van der Waals surface area contributed by atoms with Gasteiger partial charge in [-0.1, -0.05) is 13.0 Å². The summed E-state index contributed by atoms with van der Waals surface area (Å²) >= 11 is 0. The standard InChI is InChI=1S/C17H24N2O3/c1-10-5-11(2)7-14(6-10)18-16(20)13(4)19-8-12(3)15(9-19)17(21)22/h5-7,12-13,15H,8-9H2,1-4H3,(H,18,20)(H,21,22)/t12-,13?,15-/m1/s1. The number of nitrogens with one attached hydrogen (secondary N) is 1. The Morgan fingerprint density at radius 2 is 1.82 bits per heavy atom. The van der Waals surface area contributed by atoms with E-state index < -0.39 is 11.9 Å². The van der Waals surface area contributed by atoms with Gasteiger partial charge in [0.15, 0.2) is 0 Å². The lowest BCUT2D eigenvalue weighted by Gasteiger charge is -2.23. The zero-order chi connectivity index (χ0) is 16.4. The predicted octanol–water partition coefficient (Wildman–Crippen LogP) is 2.28. The molecule has 0 radical (unpaired) electrons. The second-order valence-corrected chi connectivity index (χ2v) is 6.42. The van der Waals surface area contributed by atoms with Crippen molar-refractivity contribution in [2.75, 3.05) is 18.4 Å². The van der Waals surface area contributed by atoms with Gasteiger partial charge in [0.05, 0.1) is 12.0 Å². The number of amides is 1. The van der Waals surface area contributed by atoms with Gasteiger partial charge in [-0.2, -0.15) is 0 Å². The minimum atomic E-state index is -0.781. The molecule has 1 heterocycles. The molecule has 5 nitrogen and oxygen atoms in total. The smallest absolute Gasteiger partial charge is 0.308 e. The lowest BCUT2D eigenvalue weighted by molar-refractivity contribution is -0.142. The molecule has 1 aromatic rings. The quantitative estimate of drug-likeness (QED) is 0.895. The van der Waals surface area contributed by atoms with E-state index in [4.69, 9.17) is 0 Å². The molecule has 22 heavy (non-hydrogen) atoms. The van der Waals surface area contributed by atoms with Crippen molar-refractivity contribution in [3.8, 4) is 0 Å². The summed E-state index contributed by atoms with van der Waals surface area (Å²) < 4.78 is 0. The highest BCUT2D eigenvalue weighted by atomic mass is 16.4. The molecule has 1 aliphatic heterocycles. The molecule has 0 spiro atoms. The van der Waals surface area contributed by atoms with E-state index in [1.807, 2.05) is 44.7 Å². The fraction of sp³-hybridized carbons (Fsp3) is 0.529. The van der Waals surface area contributed by atoms with Crippen molar-refractivity contribution < 1.29 is 14.7 Å². The maximum Gasteiger partial charge on any atom is 0.308 e. The van der Waals surface area contributed by atoms with Crippen LogP contribution in [0.1, 0.15) is 25.0 Å². The third kappa shape index (κ3) is 3.65. The molecule has 120 valence electrons. The average Bonchev–Trinajstić information content (AvgIpc) is 2.78. The molecule has 0 bridgehead atoms. The molecular weight excluding hydrogens is 280 g/mol. The van der Waals surface area contributed by atoms with Crippen LogP contribution in [0.3, 0.4) is 0 Å². The Hall–Kier alpha value is -1.88. The van der Waals surface area contributed by atoms with Crippen molar-refractivity contribution in [1.82, 2.24) is 4.90 Å². The average molecular weight is 304 g/mol. The Morgan fingerprint density at radius 1 is 1.23 bits per heavy atom. The molecule has 1 aromatic carbocycles. The number of aryl methyl sites for hydroxylation is 2. The predicted molar refractivity (Wildman–Crippen MR) is 85.9 cm³/mol. The zero-order valence-electron chi connectivity index (χ0n) is 13.6. The van der Waals surface area contributed by atoms with Gasteiger partial charge in [0.2, 0.25) is 5.91 Å². The van der Waals surface area contributed by atoms with E-state index in [-0.39, 0.29) is 17.9 Å². The van der Waals surface area contributed by atoms with Crippen LogP contribution in [0.2, 0.25) is 0 Å². The third-order valence-electron chi connectivity index (χ3n) is 4.37. The van der Waals surface area contributed by atoms with Gasteiger partial charge in [-0.3, -0.25) is 14.5 Å². The number of carbonyl (C=O) groups excluding carboxylic acids is 1. The van der Waals surface area contributed by atoms with Crippen LogP contribution < -0.4 is 5.32 Å². The van der Waals surface area contributed by atoms with Gasteiger partial charge < -0.3 is 10.4 Å². The molecular formula is C17H24N2O3. The van der Waals surface area contributed by atoms with Gasteiger partial charge in [-0.25, -0.2) is 0 Å². The lowest BCUT2D eigenvalue weighted by atomic mass is 9.99. The van der Waals surface area contributed by atoms with Gasteiger partial charge >= 0.3 is 5.97 Å². The van der Waals surface area contributed by atoms with Crippen molar-refractivity contribution in [3.63, 3.8) is 0 Å². The minimum Gasteiger partial charge on any atom is -0.481 e. The molecule has 1 amide bonds. The summed E-state index contributed by atoms with van der Waals surface area (Å²) in [5.41, 5.74) is 2.99. The summed E-state index contributed by atoms with van der Waals surface area (Å²) in [6.07, 6.45) is 0. The fourth-order valence-electron chi connectivity index (χ4n) is 3.10. The highest BCUT2D eigenvalue weighted by Crippen LogP contribution is 2.25. The molecule has 3 atom stereocenters. The summed E-state index contributed by atoms with van der Waals surface area (Å²) in [4.78, 5) is 25.5. The number of anilines is 1. The summed E-state index contributed by atoms with van der Waals surface area (Å²) in [7, 11) is 0. The number of nitrogens with zero attached hydrogens (tertiary/aromatic N) is 1. The molecule has 2 N–H and O–H groups in total. The molecule has 0 saturated carbocycles. The Kier molecular flexibility index (Phi) is 4.86. The molecule has 1 aliphatic rings. The highest BCUT2D eigenvalue weighted by Gasteiger charge is 2.38. The second-order valence-electron chi connectivity index (χ2n) is 6.42. The van der Waals surface area contributed by atoms with Crippen LogP contribution >= 0.6 is 0 Å². The van der Waals surface area contributed by atoms with Gasteiger partial charge in [0, 0.05) is 18.8 Å². The van der Waals surface area contributed by atoms with E-state index in [0.717, 1.165) is 16.8 Å². The first-order valence-electron chi connectivity index (χ1n) is 7.64. The Bertz CT molecular complexity index is 565. The lowest BCUT2D eigenvalue weighted by Crippen LogP contribution is -2.41. The summed E-state index contributed by atoms with van der Waals surface area (Å²) in [5.74, 6) is -1.20. The summed E-state index contributed by atoms with van der Waals surface area (Å²) in [6, 6.07) is 5.58. The summed E-state index contributed by atoms with van der Waals surface area (Å²) in [5, 5.41) is 12.1. The molecule has 2 rings (SSSR count). The van der Waals surface area contributed by atoms with Crippen LogP contribution in [-0.4, -0.2) is 41.0 Å². The number of hydrogen-bond donors (Lipinski definition) is 2. The maximum absolute atomic E-state index is 12.4. The van der Waals surface area contributed by atoms with E-state index in [2.05, 4.69) is 11.4 Å². The van der Waals surface area contributed by atoms with E-state index >= 15 is 0 Å². The fourth-order valence-corrected chi connectivity index (χ4v) is 3.10. The largest absolute Gasteiger partial charge is 0.481 e. The number of hydrogen-bond acceptors (Lipinski definition) is 3. The second kappa shape index (κ2) is 6.48. The Balaban J connectivity index is 2.02. The van der Waals surface area contributed by atoms with E-state index in [0.29, 0.717) is 13.1 Å². The van der Waals surface area contributed by atoms with Crippen LogP contribution in [0.25, 0.3) is 0 Å². The van der Waals surface area contributed by atoms with E-state index in [1.54, 1.807) is 0 Å². The third-order valence-corrected chi connectivity index (χ3v) is 4.37. The van der Waals surface area contributed by atoms with Gasteiger partial charge in [-0.05, 0) is 49.9 Å². The zero-order valence-corrected chi connectivity index (χ0v) is 13.6. The number of aliphatic carboxylic acids is 1.